The first kappa shape index (κ1) is 16.4. The van der Waals surface area contributed by atoms with Crippen LogP contribution in [-0.4, -0.2) is 4.92 Å². The average molecular weight is 334 g/mol. The van der Waals surface area contributed by atoms with Crippen molar-refractivity contribution in [3.63, 3.8) is 0 Å². The van der Waals surface area contributed by atoms with Crippen LogP contribution >= 0.6 is 0 Å². The maximum atomic E-state index is 11.7. The minimum Gasteiger partial charge on any atom is -0.414 e. The minimum atomic E-state index is -0.882. The van der Waals surface area contributed by atoms with E-state index in [0.717, 1.165) is 11.1 Å². The van der Waals surface area contributed by atoms with Crippen LogP contribution in [0.5, 0.6) is 0 Å². The third-order valence-corrected chi connectivity index (χ3v) is 4.04. The van der Waals surface area contributed by atoms with Crippen LogP contribution in [0.1, 0.15) is 30.9 Å². The number of rotatable bonds is 3. The number of hydrogen-bond donors (Lipinski definition) is 0. The van der Waals surface area contributed by atoms with Crippen molar-refractivity contribution in [2.45, 2.75) is 19.8 Å². The third kappa shape index (κ3) is 3.00. The van der Waals surface area contributed by atoms with E-state index in [-0.39, 0.29) is 16.8 Å². The molecule has 0 atom stereocenters. The second kappa shape index (κ2) is 6.21. The first-order chi connectivity index (χ1) is 11.9. The molecule has 0 aliphatic rings. The van der Waals surface area contributed by atoms with Gasteiger partial charge in [-0.25, -0.2) is 4.79 Å². The number of nitrogens with zero attached hydrogens (tertiary/aromatic N) is 2. The van der Waals surface area contributed by atoms with Crippen LogP contribution in [0, 0.1) is 21.4 Å². The predicted molar refractivity (Wildman–Crippen MR) is 93.4 cm³/mol. The Morgan fingerprint density at radius 2 is 1.80 bits per heavy atom. The molecule has 6 nitrogen and oxygen atoms in total. The third-order valence-electron chi connectivity index (χ3n) is 4.04. The number of fused-ring (bicyclic) bond motifs is 1. The van der Waals surface area contributed by atoms with E-state index >= 15 is 0 Å². The smallest absolute Gasteiger partial charge is 0.354 e. The zero-order chi connectivity index (χ0) is 18.1. The fourth-order valence-corrected chi connectivity index (χ4v) is 2.66. The first-order valence-corrected chi connectivity index (χ1v) is 7.67. The Labute approximate surface area is 143 Å². The lowest BCUT2D eigenvalue weighted by molar-refractivity contribution is -0.383. The highest BCUT2D eigenvalue weighted by molar-refractivity contribution is 5.91. The summed E-state index contributed by atoms with van der Waals surface area (Å²) in [5, 5.41) is 20.7. The Balaban J connectivity index is 2.26. The molecule has 0 N–H and O–H groups in total. The van der Waals surface area contributed by atoms with Gasteiger partial charge < -0.3 is 4.42 Å². The zero-order valence-electron chi connectivity index (χ0n) is 13.6. The van der Waals surface area contributed by atoms with Crippen molar-refractivity contribution >= 4 is 16.7 Å². The summed E-state index contributed by atoms with van der Waals surface area (Å²) in [6, 6.07) is 13.8. The molecule has 1 heterocycles. The predicted octanol–water partition coefficient (Wildman–Crippen LogP) is 4.36. The second-order valence-electron chi connectivity index (χ2n) is 6.01. The Kier molecular flexibility index (Phi) is 4.07. The Hall–Kier alpha value is -3.46. The molecule has 0 unspecified atom stereocenters. The molecule has 0 bridgehead atoms. The van der Waals surface area contributed by atoms with E-state index in [4.69, 9.17) is 9.68 Å². The molecule has 0 amide bonds. The van der Waals surface area contributed by atoms with Gasteiger partial charge in [0.05, 0.1) is 4.92 Å². The van der Waals surface area contributed by atoms with Crippen LogP contribution in [-0.2, 0) is 0 Å². The quantitative estimate of drug-likeness (QED) is 0.402. The summed E-state index contributed by atoms with van der Waals surface area (Å²) < 4.78 is 5.00. The van der Waals surface area contributed by atoms with Gasteiger partial charge in [-0.15, -0.1) is 0 Å². The molecule has 0 spiro atoms. The van der Waals surface area contributed by atoms with E-state index < -0.39 is 10.5 Å². The lowest BCUT2D eigenvalue weighted by Gasteiger charge is -2.08. The maximum Gasteiger partial charge on any atom is 0.354 e. The van der Waals surface area contributed by atoms with E-state index in [2.05, 4.69) is 13.8 Å². The van der Waals surface area contributed by atoms with Crippen LogP contribution in [0.4, 0.5) is 5.69 Å². The Morgan fingerprint density at radius 1 is 1.12 bits per heavy atom. The van der Waals surface area contributed by atoms with Gasteiger partial charge in [0, 0.05) is 11.5 Å². The normalized spacial score (nSPS) is 10.8. The van der Waals surface area contributed by atoms with Crippen LogP contribution in [0.2, 0.25) is 0 Å². The van der Waals surface area contributed by atoms with Crippen molar-refractivity contribution in [2.75, 3.05) is 0 Å². The molecule has 1 aromatic heterocycles. The molecule has 0 saturated heterocycles. The molecular weight excluding hydrogens is 320 g/mol. The van der Waals surface area contributed by atoms with Crippen LogP contribution in [0.15, 0.2) is 51.7 Å². The number of nitro benzene ring substituents is 1. The summed E-state index contributed by atoms with van der Waals surface area (Å²) >= 11 is 0. The first-order valence-electron chi connectivity index (χ1n) is 7.67. The topological polar surface area (TPSA) is 97.1 Å². The summed E-state index contributed by atoms with van der Waals surface area (Å²) in [6.45, 7) is 4.17. The molecule has 0 aliphatic heterocycles. The fourth-order valence-electron chi connectivity index (χ4n) is 2.66. The van der Waals surface area contributed by atoms with Crippen molar-refractivity contribution < 1.29 is 9.34 Å². The van der Waals surface area contributed by atoms with Gasteiger partial charge in [-0.05, 0) is 34.7 Å². The molecule has 0 saturated carbocycles. The lowest BCUT2D eigenvalue weighted by atomic mass is 9.97. The van der Waals surface area contributed by atoms with Gasteiger partial charge in [-0.1, -0.05) is 38.1 Å². The molecular formula is C19H14N2O4. The van der Waals surface area contributed by atoms with E-state index in [1.165, 1.54) is 12.1 Å². The number of hydrogen-bond acceptors (Lipinski definition) is 5. The molecule has 124 valence electrons. The molecule has 3 rings (SSSR count). The molecule has 3 aromatic rings. The zero-order valence-corrected chi connectivity index (χ0v) is 13.6. The second-order valence-corrected chi connectivity index (χ2v) is 6.01. The highest BCUT2D eigenvalue weighted by atomic mass is 16.6. The number of nitriles is 1. The summed E-state index contributed by atoms with van der Waals surface area (Å²) in [7, 11) is 0. The Bertz CT molecular complexity index is 1070. The van der Waals surface area contributed by atoms with E-state index in [9.17, 15) is 14.9 Å². The average Bonchev–Trinajstić information content (AvgIpc) is 2.60. The fraction of sp³-hybridized carbons (Fsp3) is 0.158. The van der Waals surface area contributed by atoms with E-state index in [1.807, 2.05) is 24.3 Å². The Morgan fingerprint density at radius 3 is 2.36 bits per heavy atom. The number of nitro groups is 1. The van der Waals surface area contributed by atoms with Crippen molar-refractivity contribution in [3.05, 3.63) is 74.1 Å². The van der Waals surface area contributed by atoms with E-state index in [0.29, 0.717) is 16.9 Å². The van der Waals surface area contributed by atoms with Gasteiger partial charge >= 0.3 is 11.3 Å². The largest absolute Gasteiger partial charge is 0.414 e. The molecule has 0 fully saturated rings. The number of non-ortho nitro benzene ring substituents is 1. The monoisotopic (exact) mass is 334 g/mol. The van der Waals surface area contributed by atoms with Gasteiger partial charge in [0.2, 0.25) is 5.58 Å². The summed E-state index contributed by atoms with van der Waals surface area (Å²) in [5.74, 6) is 0.382. The van der Waals surface area contributed by atoms with Crippen LogP contribution in [0.3, 0.4) is 0 Å². The van der Waals surface area contributed by atoms with Crippen molar-refractivity contribution in [1.29, 1.82) is 5.26 Å². The molecule has 0 aliphatic carbocycles. The van der Waals surface area contributed by atoms with Crippen molar-refractivity contribution in [1.82, 2.24) is 0 Å². The lowest BCUT2D eigenvalue weighted by Crippen LogP contribution is -2.04. The minimum absolute atomic E-state index is 0.128. The van der Waals surface area contributed by atoms with Crippen LogP contribution < -0.4 is 5.63 Å². The molecule has 6 heteroatoms. The molecule has 0 radical (unpaired) electrons. The van der Waals surface area contributed by atoms with E-state index in [1.54, 1.807) is 12.1 Å². The van der Waals surface area contributed by atoms with Gasteiger partial charge in [0.15, 0.2) is 0 Å². The standard InChI is InChI=1S/C19H14N2O4/c1-11(2)12-3-5-13(6-4-12)14-7-15-8-16(10-20)19(22)25-18(15)17(9-14)21(23)24/h3-9,11H,1-2H3. The SMILES string of the molecule is CC(C)c1ccc(-c2cc([N+](=O)[O-])c3oc(=O)c(C#N)cc3c2)cc1. The summed E-state index contributed by atoms with van der Waals surface area (Å²) in [5.41, 5.74) is 1.09. The molecule has 2 aromatic carbocycles. The van der Waals surface area contributed by atoms with Crippen LogP contribution in [0.25, 0.3) is 22.1 Å². The van der Waals surface area contributed by atoms with Crippen molar-refractivity contribution in [3.8, 4) is 17.2 Å². The summed E-state index contributed by atoms with van der Waals surface area (Å²) in [6.07, 6.45) is 0. The highest BCUT2D eigenvalue weighted by Gasteiger charge is 2.19. The maximum absolute atomic E-state index is 11.7. The van der Waals surface area contributed by atoms with Gasteiger partial charge in [0.1, 0.15) is 11.6 Å². The highest BCUT2D eigenvalue weighted by Crippen LogP contribution is 2.32. The van der Waals surface area contributed by atoms with Gasteiger partial charge in [-0.2, -0.15) is 5.26 Å². The van der Waals surface area contributed by atoms with Gasteiger partial charge in [-0.3, -0.25) is 10.1 Å². The molecule has 25 heavy (non-hydrogen) atoms. The summed E-state index contributed by atoms with van der Waals surface area (Å²) in [4.78, 5) is 22.5. The van der Waals surface area contributed by atoms with Crippen molar-refractivity contribution in [2.24, 2.45) is 0 Å². The number of benzene rings is 2. The van der Waals surface area contributed by atoms with Gasteiger partial charge in [0.25, 0.3) is 0 Å².